The van der Waals surface area contributed by atoms with Crippen LogP contribution < -0.4 is 5.73 Å². The molecule has 0 aliphatic carbocycles. The third-order valence-electron chi connectivity index (χ3n) is 1.04. The standard InChI is InChI=1S/C5H7NO3S/c6-5(10(7)8)4-2-1-3-9-4/h1-3,5H,6H2,(H,7,8). The molecular formula is C5H7NO3S. The van der Waals surface area contributed by atoms with Crippen molar-refractivity contribution in [2.24, 2.45) is 5.73 Å². The molecule has 0 spiro atoms. The van der Waals surface area contributed by atoms with Crippen LogP contribution in [0.2, 0.25) is 0 Å². The second-order valence-electron chi connectivity index (χ2n) is 1.71. The summed E-state index contributed by atoms with van der Waals surface area (Å²) in [5, 5.41) is -0.935. The lowest BCUT2D eigenvalue weighted by atomic mass is 10.5. The summed E-state index contributed by atoms with van der Waals surface area (Å²) in [6, 6.07) is 3.17. The Morgan fingerprint density at radius 2 is 2.50 bits per heavy atom. The van der Waals surface area contributed by atoms with Crippen molar-refractivity contribution in [3.8, 4) is 0 Å². The van der Waals surface area contributed by atoms with Crippen LogP contribution >= 0.6 is 0 Å². The van der Waals surface area contributed by atoms with E-state index in [1.54, 1.807) is 12.1 Å². The van der Waals surface area contributed by atoms with Crippen molar-refractivity contribution in [2.75, 3.05) is 0 Å². The SMILES string of the molecule is NC(c1ccco1)S(=O)O. The Hall–Kier alpha value is -0.650. The van der Waals surface area contributed by atoms with E-state index < -0.39 is 16.5 Å². The molecule has 0 aliphatic rings. The Morgan fingerprint density at radius 1 is 1.80 bits per heavy atom. The molecule has 0 saturated carbocycles. The van der Waals surface area contributed by atoms with E-state index in [1.807, 2.05) is 0 Å². The highest BCUT2D eigenvalue weighted by Gasteiger charge is 2.13. The topological polar surface area (TPSA) is 76.5 Å². The van der Waals surface area contributed by atoms with Crippen LogP contribution in [-0.2, 0) is 11.1 Å². The van der Waals surface area contributed by atoms with Crippen LogP contribution in [0.1, 0.15) is 11.1 Å². The second kappa shape index (κ2) is 2.96. The van der Waals surface area contributed by atoms with Crippen LogP contribution in [0.3, 0.4) is 0 Å². The summed E-state index contributed by atoms with van der Waals surface area (Å²) in [6.07, 6.45) is 1.40. The lowest BCUT2D eigenvalue weighted by Crippen LogP contribution is -2.14. The molecule has 0 aliphatic heterocycles. The first-order valence-electron chi connectivity index (χ1n) is 2.60. The highest BCUT2D eigenvalue weighted by Crippen LogP contribution is 2.12. The van der Waals surface area contributed by atoms with E-state index in [0.29, 0.717) is 5.76 Å². The molecule has 2 atom stereocenters. The van der Waals surface area contributed by atoms with Gasteiger partial charge in [0, 0.05) is 0 Å². The molecule has 0 bridgehead atoms. The summed E-state index contributed by atoms with van der Waals surface area (Å²) >= 11 is -2.06. The van der Waals surface area contributed by atoms with Crippen molar-refractivity contribution in [2.45, 2.75) is 5.37 Å². The van der Waals surface area contributed by atoms with Gasteiger partial charge in [0.1, 0.15) is 5.76 Å². The van der Waals surface area contributed by atoms with Crippen LogP contribution in [-0.4, -0.2) is 8.76 Å². The summed E-state index contributed by atoms with van der Waals surface area (Å²) in [5.74, 6) is 0.320. The fourth-order valence-corrected chi connectivity index (χ4v) is 0.885. The molecule has 10 heavy (non-hydrogen) atoms. The minimum atomic E-state index is -2.06. The van der Waals surface area contributed by atoms with Crippen molar-refractivity contribution in [1.82, 2.24) is 0 Å². The van der Waals surface area contributed by atoms with Gasteiger partial charge in [-0.2, -0.15) is 0 Å². The van der Waals surface area contributed by atoms with Crippen molar-refractivity contribution >= 4 is 11.1 Å². The zero-order valence-electron chi connectivity index (χ0n) is 5.06. The zero-order chi connectivity index (χ0) is 7.56. The van der Waals surface area contributed by atoms with Gasteiger partial charge in [-0.05, 0) is 12.1 Å². The van der Waals surface area contributed by atoms with Gasteiger partial charge in [-0.15, -0.1) is 0 Å². The minimum absolute atomic E-state index is 0.320. The van der Waals surface area contributed by atoms with Crippen LogP contribution in [0.15, 0.2) is 22.8 Å². The normalized spacial score (nSPS) is 16.6. The molecule has 1 heterocycles. The van der Waals surface area contributed by atoms with E-state index in [9.17, 15) is 4.21 Å². The van der Waals surface area contributed by atoms with Crippen LogP contribution in [0, 0.1) is 0 Å². The lowest BCUT2D eigenvalue weighted by molar-refractivity contribution is 0.485. The lowest BCUT2D eigenvalue weighted by Gasteiger charge is -2.00. The Balaban J connectivity index is 2.77. The minimum Gasteiger partial charge on any atom is -0.467 e. The van der Waals surface area contributed by atoms with Gasteiger partial charge in [0.25, 0.3) is 0 Å². The molecule has 4 nitrogen and oxygen atoms in total. The third-order valence-corrected chi connectivity index (χ3v) is 1.71. The molecular weight excluding hydrogens is 154 g/mol. The van der Waals surface area contributed by atoms with Gasteiger partial charge in [0.15, 0.2) is 16.5 Å². The average molecular weight is 161 g/mol. The number of furan rings is 1. The van der Waals surface area contributed by atoms with E-state index in [0.717, 1.165) is 0 Å². The molecule has 0 amide bonds. The first kappa shape index (κ1) is 7.46. The Bertz CT molecular complexity index is 221. The highest BCUT2D eigenvalue weighted by atomic mass is 32.2. The van der Waals surface area contributed by atoms with Gasteiger partial charge in [-0.1, -0.05) is 0 Å². The molecule has 56 valence electrons. The Morgan fingerprint density at radius 3 is 2.90 bits per heavy atom. The first-order chi connectivity index (χ1) is 4.72. The number of rotatable bonds is 2. The maximum Gasteiger partial charge on any atom is 0.178 e. The summed E-state index contributed by atoms with van der Waals surface area (Å²) in [5.41, 5.74) is 5.24. The Labute approximate surface area is 60.3 Å². The molecule has 5 heteroatoms. The average Bonchev–Trinajstić information content (AvgIpc) is 2.36. The smallest absolute Gasteiger partial charge is 0.178 e. The second-order valence-corrected chi connectivity index (χ2v) is 2.77. The highest BCUT2D eigenvalue weighted by molar-refractivity contribution is 7.79. The van der Waals surface area contributed by atoms with Gasteiger partial charge >= 0.3 is 0 Å². The predicted octanol–water partition coefficient (Wildman–Crippen LogP) is 0.459. The predicted molar refractivity (Wildman–Crippen MR) is 36.4 cm³/mol. The van der Waals surface area contributed by atoms with E-state index >= 15 is 0 Å². The third kappa shape index (κ3) is 1.44. The van der Waals surface area contributed by atoms with Crippen LogP contribution in [0.25, 0.3) is 0 Å². The maximum absolute atomic E-state index is 10.3. The summed E-state index contributed by atoms with van der Waals surface area (Å²) < 4.78 is 23.6. The van der Waals surface area contributed by atoms with Crippen LogP contribution in [0.5, 0.6) is 0 Å². The summed E-state index contributed by atoms with van der Waals surface area (Å²) in [6.45, 7) is 0. The zero-order valence-corrected chi connectivity index (χ0v) is 5.88. The fraction of sp³-hybridized carbons (Fsp3) is 0.200. The number of hydrogen-bond acceptors (Lipinski definition) is 3. The number of hydrogen-bond donors (Lipinski definition) is 2. The molecule has 3 N–H and O–H groups in total. The first-order valence-corrected chi connectivity index (χ1v) is 3.77. The van der Waals surface area contributed by atoms with Crippen molar-refractivity contribution in [3.05, 3.63) is 24.2 Å². The molecule has 1 rings (SSSR count). The van der Waals surface area contributed by atoms with E-state index in [4.69, 9.17) is 14.7 Å². The summed E-state index contributed by atoms with van der Waals surface area (Å²) in [7, 11) is 0. The number of nitrogens with two attached hydrogens (primary N) is 1. The fourth-order valence-electron chi connectivity index (χ4n) is 0.553. The van der Waals surface area contributed by atoms with Crippen molar-refractivity contribution in [3.63, 3.8) is 0 Å². The van der Waals surface area contributed by atoms with Gasteiger partial charge in [0.2, 0.25) is 0 Å². The van der Waals surface area contributed by atoms with E-state index in [-0.39, 0.29) is 0 Å². The van der Waals surface area contributed by atoms with Crippen molar-refractivity contribution in [1.29, 1.82) is 0 Å². The van der Waals surface area contributed by atoms with Gasteiger partial charge in [0.05, 0.1) is 6.26 Å². The quantitative estimate of drug-likeness (QED) is 0.618. The van der Waals surface area contributed by atoms with Gasteiger partial charge in [-0.3, -0.25) is 0 Å². The van der Waals surface area contributed by atoms with Crippen LogP contribution in [0.4, 0.5) is 0 Å². The maximum atomic E-state index is 10.3. The molecule has 0 fully saturated rings. The molecule has 0 saturated heterocycles. The monoisotopic (exact) mass is 161 g/mol. The van der Waals surface area contributed by atoms with Crippen molar-refractivity contribution < 1.29 is 13.2 Å². The molecule has 1 aromatic rings. The molecule has 2 unspecified atom stereocenters. The van der Waals surface area contributed by atoms with E-state index in [1.165, 1.54) is 6.26 Å². The van der Waals surface area contributed by atoms with Gasteiger partial charge in [-0.25, -0.2) is 4.21 Å². The van der Waals surface area contributed by atoms with E-state index in [2.05, 4.69) is 0 Å². The largest absolute Gasteiger partial charge is 0.467 e. The van der Waals surface area contributed by atoms with Gasteiger partial charge < -0.3 is 14.7 Å². The molecule has 0 radical (unpaired) electrons. The molecule has 1 aromatic heterocycles. The molecule has 0 aromatic carbocycles. The Kier molecular flexibility index (Phi) is 2.21. The summed E-state index contributed by atoms with van der Waals surface area (Å²) in [4.78, 5) is 0.